The molecule has 0 unspecified atom stereocenters. The van der Waals surface area contributed by atoms with E-state index in [1.54, 1.807) is 0 Å². The number of aromatic amines is 1. The predicted octanol–water partition coefficient (Wildman–Crippen LogP) is 0.932. The fraction of sp³-hybridized carbons (Fsp3) is 0. The Balaban J connectivity index is 2.33. The minimum Gasteiger partial charge on any atom is -0.383 e. The molecule has 1 aromatic carbocycles. The van der Waals surface area contributed by atoms with Crippen LogP contribution in [0.4, 0.5) is 15.9 Å². The van der Waals surface area contributed by atoms with Crippen LogP contribution in [0.25, 0.3) is 0 Å². The molecule has 90 valence electrons. The Kier molecular flexibility index (Phi) is 2.72. The van der Waals surface area contributed by atoms with Crippen LogP contribution >= 0.6 is 0 Å². The molecular formula is C9H9FN4O2S. The Morgan fingerprint density at radius 2 is 2.18 bits per heavy atom. The maximum Gasteiger partial charge on any atom is 0.267 e. The fourth-order valence-corrected chi connectivity index (χ4v) is 2.34. The molecule has 0 aliphatic rings. The summed E-state index contributed by atoms with van der Waals surface area (Å²) in [5, 5.41) is 5.81. The summed E-state index contributed by atoms with van der Waals surface area (Å²) in [4.78, 5) is -0.179. The smallest absolute Gasteiger partial charge is 0.267 e. The summed E-state index contributed by atoms with van der Waals surface area (Å²) in [6, 6.07) is 5.10. The Labute approximate surface area is 96.7 Å². The van der Waals surface area contributed by atoms with Gasteiger partial charge in [0, 0.05) is 0 Å². The lowest BCUT2D eigenvalue weighted by atomic mass is 10.3. The third kappa shape index (κ3) is 2.36. The number of halogens is 1. The second kappa shape index (κ2) is 4.06. The molecule has 0 fully saturated rings. The number of aromatic nitrogens is 2. The number of hydrogen-bond donors (Lipinski definition) is 3. The Morgan fingerprint density at radius 1 is 1.41 bits per heavy atom. The van der Waals surface area contributed by atoms with Crippen molar-refractivity contribution in [1.29, 1.82) is 0 Å². The van der Waals surface area contributed by atoms with Gasteiger partial charge in [-0.1, -0.05) is 6.07 Å². The number of H-pyrrole nitrogens is 1. The van der Waals surface area contributed by atoms with E-state index in [1.165, 1.54) is 18.2 Å². The average molecular weight is 256 g/mol. The molecule has 8 heteroatoms. The average Bonchev–Trinajstić information content (AvgIpc) is 2.64. The van der Waals surface area contributed by atoms with Gasteiger partial charge in [-0.05, 0) is 18.2 Å². The lowest BCUT2D eigenvalue weighted by Crippen LogP contribution is -2.13. The van der Waals surface area contributed by atoms with Crippen LogP contribution in [0.3, 0.4) is 0 Å². The molecule has 1 heterocycles. The molecule has 0 saturated heterocycles. The van der Waals surface area contributed by atoms with Gasteiger partial charge in [0.05, 0.1) is 11.9 Å². The summed E-state index contributed by atoms with van der Waals surface area (Å²) >= 11 is 0. The van der Waals surface area contributed by atoms with Crippen LogP contribution in [0.1, 0.15) is 0 Å². The van der Waals surface area contributed by atoms with Crippen molar-refractivity contribution in [2.24, 2.45) is 0 Å². The van der Waals surface area contributed by atoms with Crippen molar-refractivity contribution in [3.05, 3.63) is 36.3 Å². The minimum absolute atomic E-state index is 0.0751. The number of nitrogens with zero attached hydrogens (tertiary/aromatic N) is 1. The van der Waals surface area contributed by atoms with Crippen LogP contribution in [0.2, 0.25) is 0 Å². The van der Waals surface area contributed by atoms with Crippen molar-refractivity contribution >= 4 is 21.5 Å². The van der Waals surface area contributed by atoms with Gasteiger partial charge in [-0.25, -0.2) is 12.8 Å². The van der Waals surface area contributed by atoms with Crippen LogP contribution in [-0.4, -0.2) is 18.6 Å². The van der Waals surface area contributed by atoms with Crippen LogP contribution in [-0.2, 0) is 10.0 Å². The van der Waals surface area contributed by atoms with Crippen molar-refractivity contribution in [3.63, 3.8) is 0 Å². The van der Waals surface area contributed by atoms with Gasteiger partial charge in [-0.2, -0.15) is 5.10 Å². The summed E-state index contributed by atoms with van der Waals surface area (Å²) in [5.41, 5.74) is 5.52. The molecule has 1 aromatic heterocycles. The molecule has 0 amide bonds. The highest BCUT2D eigenvalue weighted by Gasteiger charge is 2.19. The zero-order valence-corrected chi connectivity index (χ0v) is 9.33. The van der Waals surface area contributed by atoms with E-state index in [0.29, 0.717) is 0 Å². The molecule has 0 saturated carbocycles. The van der Waals surface area contributed by atoms with E-state index in [4.69, 9.17) is 5.73 Å². The molecule has 2 rings (SSSR count). The molecule has 17 heavy (non-hydrogen) atoms. The van der Waals surface area contributed by atoms with Crippen LogP contribution < -0.4 is 10.5 Å². The van der Waals surface area contributed by atoms with E-state index in [1.807, 2.05) is 0 Å². The van der Waals surface area contributed by atoms with Crippen LogP contribution in [0.15, 0.2) is 35.4 Å². The molecule has 0 aliphatic heterocycles. The summed E-state index contributed by atoms with van der Waals surface area (Å²) in [7, 11) is -3.85. The van der Waals surface area contributed by atoms with Crippen molar-refractivity contribution in [3.8, 4) is 0 Å². The lowest BCUT2D eigenvalue weighted by molar-refractivity contribution is 0.601. The molecule has 0 aliphatic carbocycles. The van der Waals surface area contributed by atoms with Crippen molar-refractivity contribution in [2.45, 2.75) is 4.90 Å². The monoisotopic (exact) mass is 256 g/mol. The zero-order chi connectivity index (χ0) is 12.5. The first-order chi connectivity index (χ1) is 7.99. The Hall–Kier alpha value is -2.09. The van der Waals surface area contributed by atoms with Gasteiger partial charge < -0.3 is 5.73 Å². The van der Waals surface area contributed by atoms with Gasteiger partial charge in [-0.3, -0.25) is 9.82 Å². The zero-order valence-electron chi connectivity index (χ0n) is 8.51. The summed E-state index contributed by atoms with van der Waals surface area (Å²) < 4.78 is 38.7. The maximum atomic E-state index is 12.9. The Morgan fingerprint density at radius 3 is 2.76 bits per heavy atom. The van der Waals surface area contributed by atoms with Gasteiger partial charge in [0.1, 0.15) is 16.5 Å². The highest BCUT2D eigenvalue weighted by molar-refractivity contribution is 7.92. The SMILES string of the molecule is Nc1[nH]ncc1S(=O)(=O)Nc1cccc(F)c1. The third-order valence-electron chi connectivity index (χ3n) is 2.00. The number of sulfonamides is 1. The second-order valence-corrected chi connectivity index (χ2v) is 4.91. The molecule has 2 aromatic rings. The fourth-order valence-electron chi connectivity index (χ4n) is 1.26. The first-order valence-corrected chi connectivity index (χ1v) is 6.04. The van der Waals surface area contributed by atoms with Crippen molar-refractivity contribution in [2.75, 3.05) is 10.5 Å². The molecule has 6 nitrogen and oxygen atoms in total. The van der Waals surface area contributed by atoms with Crippen LogP contribution in [0.5, 0.6) is 0 Å². The van der Waals surface area contributed by atoms with E-state index in [0.717, 1.165) is 12.3 Å². The predicted molar refractivity (Wildman–Crippen MR) is 60.2 cm³/mol. The van der Waals surface area contributed by atoms with E-state index < -0.39 is 15.8 Å². The molecular weight excluding hydrogens is 247 g/mol. The van der Waals surface area contributed by atoms with Gasteiger partial charge in [-0.15, -0.1) is 0 Å². The summed E-state index contributed by atoms with van der Waals surface area (Å²) in [6.07, 6.45) is 1.08. The van der Waals surface area contributed by atoms with Crippen molar-refractivity contribution < 1.29 is 12.8 Å². The standard InChI is InChI=1S/C9H9FN4O2S/c10-6-2-1-3-7(4-6)14-17(15,16)8-5-12-13-9(8)11/h1-5,14H,(H3,11,12,13). The van der Waals surface area contributed by atoms with Crippen LogP contribution in [0, 0.1) is 5.82 Å². The quantitative estimate of drug-likeness (QED) is 0.760. The number of benzene rings is 1. The van der Waals surface area contributed by atoms with Crippen molar-refractivity contribution in [1.82, 2.24) is 10.2 Å². The first-order valence-electron chi connectivity index (χ1n) is 4.56. The molecule has 0 bridgehead atoms. The van der Waals surface area contributed by atoms with Gasteiger partial charge >= 0.3 is 0 Å². The Bertz CT molecular complexity index is 638. The highest BCUT2D eigenvalue weighted by Crippen LogP contribution is 2.19. The normalized spacial score (nSPS) is 11.4. The molecule has 0 atom stereocenters. The first kappa shape index (κ1) is 11.4. The molecule has 0 spiro atoms. The van der Waals surface area contributed by atoms with Gasteiger partial charge in [0.2, 0.25) is 0 Å². The number of nitrogen functional groups attached to an aromatic ring is 1. The number of nitrogens with one attached hydrogen (secondary N) is 2. The largest absolute Gasteiger partial charge is 0.383 e. The highest BCUT2D eigenvalue weighted by atomic mass is 32.2. The summed E-state index contributed by atoms with van der Waals surface area (Å²) in [6.45, 7) is 0. The maximum absolute atomic E-state index is 12.9. The molecule has 0 radical (unpaired) electrons. The van der Waals surface area contributed by atoms with Gasteiger partial charge in [0.25, 0.3) is 10.0 Å². The van der Waals surface area contributed by atoms with Gasteiger partial charge in [0.15, 0.2) is 0 Å². The lowest BCUT2D eigenvalue weighted by Gasteiger charge is -2.06. The third-order valence-corrected chi connectivity index (χ3v) is 3.41. The second-order valence-electron chi connectivity index (χ2n) is 3.26. The number of rotatable bonds is 3. The number of anilines is 2. The summed E-state index contributed by atoms with van der Waals surface area (Å²) in [5.74, 6) is -0.612. The van der Waals surface area contributed by atoms with E-state index in [9.17, 15) is 12.8 Å². The molecule has 4 N–H and O–H groups in total. The number of hydrogen-bond acceptors (Lipinski definition) is 4. The van der Waals surface area contributed by atoms with E-state index in [-0.39, 0.29) is 16.4 Å². The van der Waals surface area contributed by atoms with E-state index in [2.05, 4.69) is 14.9 Å². The van der Waals surface area contributed by atoms with E-state index >= 15 is 0 Å². The topological polar surface area (TPSA) is 101 Å². The number of nitrogens with two attached hydrogens (primary N) is 1. The minimum atomic E-state index is -3.85.